The molecule has 1 aromatic carbocycles. The van der Waals surface area contributed by atoms with E-state index in [-0.39, 0.29) is 18.1 Å². The number of nitrogens with one attached hydrogen (secondary N) is 2. The number of methoxy groups -OCH3 is 1. The number of amides is 1. The minimum Gasteiger partial charge on any atom is -0.375 e. The zero-order valence-electron chi connectivity index (χ0n) is 11.9. The Balaban J connectivity index is 2.45. The van der Waals surface area contributed by atoms with Gasteiger partial charge in [-0.1, -0.05) is 13.0 Å². The maximum Gasteiger partial charge on any atom is 0.251 e. The second-order valence-electron chi connectivity index (χ2n) is 4.65. The Kier molecular flexibility index (Phi) is 4.20. The lowest BCUT2D eigenvalue weighted by Gasteiger charge is -2.09. The average Bonchev–Trinajstić information content (AvgIpc) is 2.39. The van der Waals surface area contributed by atoms with Crippen LogP contribution in [0.3, 0.4) is 0 Å². The van der Waals surface area contributed by atoms with Crippen molar-refractivity contribution >= 4 is 22.5 Å². The molecule has 1 amide bonds. The van der Waals surface area contributed by atoms with Crippen LogP contribution in [0.25, 0.3) is 10.9 Å². The van der Waals surface area contributed by atoms with Gasteiger partial charge in [-0.15, -0.1) is 0 Å². The largest absolute Gasteiger partial charge is 0.375 e. The van der Waals surface area contributed by atoms with Crippen LogP contribution in [0.1, 0.15) is 18.1 Å². The Morgan fingerprint density at radius 1 is 1.40 bits per heavy atom. The smallest absolute Gasteiger partial charge is 0.251 e. The molecule has 20 heavy (non-hydrogen) atoms. The summed E-state index contributed by atoms with van der Waals surface area (Å²) in [6.45, 7) is 3.91. The van der Waals surface area contributed by atoms with E-state index in [2.05, 4.69) is 10.3 Å². The number of carbonyl (C=O) groups excluding carboxylic acids is 1. The summed E-state index contributed by atoms with van der Waals surface area (Å²) in [5, 5.41) is 3.71. The number of pyridine rings is 1. The van der Waals surface area contributed by atoms with E-state index in [4.69, 9.17) is 4.74 Å². The first-order chi connectivity index (χ1) is 9.56. The van der Waals surface area contributed by atoms with E-state index in [1.54, 1.807) is 6.07 Å². The van der Waals surface area contributed by atoms with Gasteiger partial charge in [-0.3, -0.25) is 9.59 Å². The number of rotatable bonds is 4. The predicted molar refractivity (Wildman–Crippen MR) is 79.2 cm³/mol. The lowest BCUT2D eigenvalue weighted by molar-refractivity contribution is -0.119. The second-order valence-corrected chi connectivity index (χ2v) is 4.65. The summed E-state index contributed by atoms with van der Waals surface area (Å²) >= 11 is 0. The normalized spacial score (nSPS) is 10.8. The summed E-state index contributed by atoms with van der Waals surface area (Å²) < 4.78 is 4.76. The lowest BCUT2D eigenvalue weighted by Crippen LogP contribution is -2.17. The Hall–Kier alpha value is -2.14. The molecule has 0 unspecified atom stereocenters. The molecule has 0 saturated heterocycles. The Morgan fingerprint density at radius 3 is 2.80 bits per heavy atom. The van der Waals surface area contributed by atoms with Gasteiger partial charge in [0.25, 0.3) is 5.56 Å². The first-order valence-electron chi connectivity index (χ1n) is 6.51. The quantitative estimate of drug-likeness (QED) is 0.895. The zero-order valence-corrected chi connectivity index (χ0v) is 11.9. The number of anilines is 1. The van der Waals surface area contributed by atoms with Gasteiger partial charge in [0.1, 0.15) is 6.61 Å². The molecule has 5 nitrogen and oxygen atoms in total. The summed E-state index contributed by atoms with van der Waals surface area (Å²) in [5.74, 6) is -0.226. The Labute approximate surface area is 117 Å². The third-order valence-corrected chi connectivity index (χ3v) is 3.31. The van der Waals surface area contributed by atoms with E-state index < -0.39 is 0 Å². The molecular weight excluding hydrogens is 256 g/mol. The molecule has 0 saturated carbocycles. The molecule has 0 aliphatic rings. The van der Waals surface area contributed by atoms with Gasteiger partial charge in [0.2, 0.25) is 5.91 Å². The van der Waals surface area contributed by atoms with Crippen molar-refractivity contribution < 1.29 is 9.53 Å². The zero-order chi connectivity index (χ0) is 14.7. The van der Waals surface area contributed by atoms with Crippen LogP contribution in [-0.4, -0.2) is 24.6 Å². The number of carbonyl (C=O) groups is 1. The van der Waals surface area contributed by atoms with Crippen LogP contribution in [0.15, 0.2) is 23.0 Å². The van der Waals surface area contributed by atoms with Crippen LogP contribution in [0, 0.1) is 6.92 Å². The van der Waals surface area contributed by atoms with Gasteiger partial charge in [-0.2, -0.15) is 0 Å². The van der Waals surface area contributed by atoms with Crippen LogP contribution in [0.2, 0.25) is 0 Å². The van der Waals surface area contributed by atoms with E-state index in [0.29, 0.717) is 12.1 Å². The molecule has 0 aliphatic carbocycles. The topological polar surface area (TPSA) is 71.2 Å². The number of H-pyrrole nitrogens is 1. The van der Waals surface area contributed by atoms with Crippen LogP contribution in [0.5, 0.6) is 0 Å². The van der Waals surface area contributed by atoms with Crippen molar-refractivity contribution in [3.63, 3.8) is 0 Å². The molecule has 0 spiro atoms. The van der Waals surface area contributed by atoms with Gasteiger partial charge in [-0.05, 0) is 31.0 Å². The third kappa shape index (κ3) is 2.72. The van der Waals surface area contributed by atoms with E-state index in [1.807, 2.05) is 26.0 Å². The molecule has 5 heteroatoms. The minimum absolute atomic E-state index is 0.00234. The molecule has 0 fully saturated rings. The summed E-state index contributed by atoms with van der Waals surface area (Å²) in [6.07, 6.45) is 0.698. The van der Waals surface area contributed by atoms with Crippen molar-refractivity contribution in [2.45, 2.75) is 20.3 Å². The maximum absolute atomic E-state index is 12.0. The molecule has 0 radical (unpaired) electrons. The van der Waals surface area contributed by atoms with Gasteiger partial charge < -0.3 is 15.0 Å². The highest BCUT2D eigenvalue weighted by molar-refractivity contribution is 5.94. The van der Waals surface area contributed by atoms with E-state index >= 15 is 0 Å². The highest BCUT2D eigenvalue weighted by atomic mass is 16.5. The number of hydrogen-bond acceptors (Lipinski definition) is 3. The molecule has 1 heterocycles. The van der Waals surface area contributed by atoms with E-state index in [1.165, 1.54) is 7.11 Å². The van der Waals surface area contributed by atoms with Crippen LogP contribution < -0.4 is 10.9 Å². The Morgan fingerprint density at radius 2 is 2.15 bits per heavy atom. The molecule has 2 aromatic rings. The number of ether oxygens (including phenoxy) is 1. The van der Waals surface area contributed by atoms with Crippen molar-refractivity contribution in [1.29, 1.82) is 0 Å². The van der Waals surface area contributed by atoms with Crippen LogP contribution in [-0.2, 0) is 16.0 Å². The highest BCUT2D eigenvalue weighted by Crippen LogP contribution is 2.21. The number of aromatic amines is 1. The van der Waals surface area contributed by atoms with Crippen molar-refractivity contribution in [2.75, 3.05) is 19.0 Å². The lowest BCUT2D eigenvalue weighted by atomic mass is 10.0. The summed E-state index contributed by atoms with van der Waals surface area (Å²) in [6, 6.07) is 5.49. The van der Waals surface area contributed by atoms with E-state index in [0.717, 1.165) is 22.0 Å². The van der Waals surface area contributed by atoms with Crippen molar-refractivity contribution in [1.82, 2.24) is 4.98 Å². The van der Waals surface area contributed by atoms with E-state index in [9.17, 15) is 9.59 Å². The third-order valence-electron chi connectivity index (χ3n) is 3.31. The SMILES string of the molecule is CCc1c(C)c2ccc(NC(=O)COC)cc2[nH]c1=O. The molecule has 0 aliphatic heterocycles. The molecule has 106 valence electrons. The number of aromatic nitrogens is 1. The predicted octanol–water partition coefficient (Wildman–Crippen LogP) is 1.98. The molecular formula is C15H18N2O3. The molecule has 2 N–H and O–H groups in total. The van der Waals surface area contributed by atoms with Gasteiger partial charge in [0.05, 0.1) is 5.52 Å². The maximum atomic E-state index is 12.0. The van der Waals surface area contributed by atoms with Crippen molar-refractivity contribution in [2.24, 2.45) is 0 Å². The summed E-state index contributed by atoms with van der Waals surface area (Å²) in [7, 11) is 1.47. The number of benzene rings is 1. The number of fused-ring (bicyclic) bond motifs is 1. The van der Waals surface area contributed by atoms with Gasteiger partial charge in [0, 0.05) is 23.7 Å². The number of aryl methyl sites for hydroxylation is 1. The second kappa shape index (κ2) is 5.88. The fourth-order valence-electron chi connectivity index (χ4n) is 2.34. The molecule has 2 rings (SSSR count). The number of hydrogen-bond donors (Lipinski definition) is 2. The van der Waals surface area contributed by atoms with Gasteiger partial charge in [0.15, 0.2) is 0 Å². The average molecular weight is 274 g/mol. The highest BCUT2D eigenvalue weighted by Gasteiger charge is 2.08. The molecule has 0 atom stereocenters. The first-order valence-corrected chi connectivity index (χ1v) is 6.51. The van der Waals surface area contributed by atoms with Crippen molar-refractivity contribution in [3.8, 4) is 0 Å². The van der Waals surface area contributed by atoms with Crippen LogP contribution >= 0.6 is 0 Å². The molecule has 1 aromatic heterocycles. The summed E-state index contributed by atoms with van der Waals surface area (Å²) in [4.78, 5) is 26.3. The summed E-state index contributed by atoms with van der Waals surface area (Å²) in [5.41, 5.74) is 3.08. The van der Waals surface area contributed by atoms with Gasteiger partial charge >= 0.3 is 0 Å². The van der Waals surface area contributed by atoms with Crippen molar-refractivity contribution in [3.05, 3.63) is 39.7 Å². The minimum atomic E-state index is -0.226. The van der Waals surface area contributed by atoms with Gasteiger partial charge in [-0.25, -0.2) is 0 Å². The molecule has 0 bridgehead atoms. The standard InChI is InChI=1S/C15H18N2O3/c1-4-11-9(2)12-6-5-10(16-14(18)8-20-3)7-13(12)17-15(11)19/h5-7H,4,8H2,1-3H3,(H,16,18)(H,17,19). The first kappa shape index (κ1) is 14.3. The fraction of sp³-hybridized carbons (Fsp3) is 0.333. The Bertz CT molecular complexity index is 704. The fourth-order valence-corrected chi connectivity index (χ4v) is 2.34. The van der Waals surface area contributed by atoms with Crippen LogP contribution in [0.4, 0.5) is 5.69 Å². The monoisotopic (exact) mass is 274 g/mol.